The van der Waals surface area contributed by atoms with Gasteiger partial charge in [0, 0.05) is 18.9 Å². The fourth-order valence-electron chi connectivity index (χ4n) is 2.18. The highest BCUT2D eigenvalue weighted by Crippen LogP contribution is 2.22. The molecule has 1 aliphatic rings. The van der Waals surface area contributed by atoms with Gasteiger partial charge in [-0.15, -0.1) is 0 Å². The van der Waals surface area contributed by atoms with Gasteiger partial charge in [0.25, 0.3) is 0 Å². The molecule has 1 rings (SSSR count). The van der Waals surface area contributed by atoms with Gasteiger partial charge in [-0.2, -0.15) is 0 Å². The zero-order valence-corrected chi connectivity index (χ0v) is 9.93. The summed E-state index contributed by atoms with van der Waals surface area (Å²) < 4.78 is 0. The van der Waals surface area contributed by atoms with Gasteiger partial charge in [0.1, 0.15) is 0 Å². The minimum atomic E-state index is 0.137. The van der Waals surface area contributed by atoms with Crippen molar-refractivity contribution >= 4 is 11.7 Å². The second-order valence-electron chi connectivity index (χ2n) is 4.61. The lowest BCUT2D eigenvalue weighted by Gasteiger charge is -2.18. The molecule has 1 fully saturated rings. The quantitative estimate of drug-likeness (QED) is 0.504. The molecule has 1 amide bonds. The lowest BCUT2D eigenvalue weighted by atomic mass is 9.90. The number of rotatable bonds is 4. The second-order valence-corrected chi connectivity index (χ2v) is 4.61. The summed E-state index contributed by atoms with van der Waals surface area (Å²) in [6.07, 6.45) is 8.68. The highest BCUT2D eigenvalue weighted by Gasteiger charge is 2.18. The van der Waals surface area contributed by atoms with Crippen molar-refractivity contribution in [1.82, 2.24) is 5.32 Å². The van der Waals surface area contributed by atoms with Crippen LogP contribution in [0.5, 0.6) is 0 Å². The van der Waals surface area contributed by atoms with E-state index >= 15 is 0 Å². The summed E-state index contributed by atoms with van der Waals surface area (Å²) in [6, 6.07) is 0. The van der Waals surface area contributed by atoms with Crippen molar-refractivity contribution in [2.75, 3.05) is 6.54 Å². The third kappa shape index (κ3) is 5.14. The van der Waals surface area contributed by atoms with Crippen LogP contribution in [0.4, 0.5) is 0 Å². The Hall–Kier alpha value is -1.06. The molecule has 0 heterocycles. The summed E-state index contributed by atoms with van der Waals surface area (Å²) >= 11 is 0. The summed E-state index contributed by atoms with van der Waals surface area (Å²) in [5.41, 5.74) is 5.23. The molecule has 0 bridgehead atoms. The molecular weight excluding hydrogens is 202 g/mol. The Morgan fingerprint density at radius 3 is 2.31 bits per heavy atom. The van der Waals surface area contributed by atoms with Gasteiger partial charge in [0.05, 0.1) is 5.84 Å². The number of hydrogen-bond acceptors (Lipinski definition) is 2. The number of amidine groups is 1. The molecule has 92 valence electrons. The van der Waals surface area contributed by atoms with Crippen LogP contribution < -0.4 is 11.1 Å². The SMILES string of the molecule is N=C(N)CCNC(=O)C1CCCCCCC1. The maximum Gasteiger partial charge on any atom is 0.223 e. The van der Waals surface area contributed by atoms with Gasteiger partial charge in [-0.1, -0.05) is 32.1 Å². The Balaban J connectivity index is 2.24. The first kappa shape index (κ1) is 13.0. The van der Waals surface area contributed by atoms with Crippen LogP contribution in [0.1, 0.15) is 51.4 Å². The van der Waals surface area contributed by atoms with E-state index in [1.54, 1.807) is 0 Å². The highest BCUT2D eigenvalue weighted by atomic mass is 16.1. The number of carbonyl (C=O) groups is 1. The zero-order chi connectivity index (χ0) is 11.8. The molecule has 4 N–H and O–H groups in total. The summed E-state index contributed by atoms with van der Waals surface area (Å²) in [6.45, 7) is 0.505. The summed E-state index contributed by atoms with van der Waals surface area (Å²) in [5.74, 6) is 0.480. The number of carbonyl (C=O) groups excluding carboxylic acids is 1. The van der Waals surface area contributed by atoms with E-state index in [-0.39, 0.29) is 17.7 Å². The van der Waals surface area contributed by atoms with Crippen LogP contribution in [0.3, 0.4) is 0 Å². The molecule has 0 aromatic rings. The topological polar surface area (TPSA) is 79.0 Å². The number of nitrogens with one attached hydrogen (secondary N) is 2. The molecule has 0 aliphatic heterocycles. The monoisotopic (exact) mass is 225 g/mol. The van der Waals surface area contributed by atoms with E-state index in [2.05, 4.69) is 5.32 Å². The normalized spacial score (nSPS) is 18.5. The third-order valence-electron chi connectivity index (χ3n) is 3.17. The van der Waals surface area contributed by atoms with E-state index in [1.807, 2.05) is 0 Å². The predicted molar refractivity (Wildman–Crippen MR) is 65.3 cm³/mol. The molecule has 0 atom stereocenters. The van der Waals surface area contributed by atoms with Gasteiger partial charge in [0.15, 0.2) is 0 Å². The van der Waals surface area contributed by atoms with E-state index < -0.39 is 0 Å². The Bertz CT molecular complexity index is 232. The van der Waals surface area contributed by atoms with Gasteiger partial charge in [-0.25, -0.2) is 0 Å². The van der Waals surface area contributed by atoms with E-state index in [4.69, 9.17) is 11.1 Å². The van der Waals surface area contributed by atoms with E-state index in [1.165, 1.54) is 32.1 Å². The maximum atomic E-state index is 11.8. The molecule has 0 radical (unpaired) electrons. The van der Waals surface area contributed by atoms with Gasteiger partial charge in [0.2, 0.25) is 5.91 Å². The van der Waals surface area contributed by atoms with Crippen LogP contribution in [0, 0.1) is 11.3 Å². The standard InChI is InChI=1S/C12H23N3O/c13-11(14)8-9-15-12(16)10-6-4-2-1-3-5-7-10/h10H,1-9H2,(H3,13,14)(H,15,16). The fraction of sp³-hybridized carbons (Fsp3) is 0.833. The molecule has 1 saturated carbocycles. The summed E-state index contributed by atoms with van der Waals surface area (Å²) in [4.78, 5) is 11.8. The minimum Gasteiger partial charge on any atom is -0.388 e. The second kappa shape index (κ2) is 7.25. The van der Waals surface area contributed by atoms with Crippen molar-refractivity contribution in [2.24, 2.45) is 11.7 Å². The van der Waals surface area contributed by atoms with E-state index in [9.17, 15) is 4.79 Å². The molecule has 0 spiro atoms. The van der Waals surface area contributed by atoms with Crippen LogP contribution in [0.15, 0.2) is 0 Å². The van der Waals surface area contributed by atoms with Gasteiger partial charge < -0.3 is 11.1 Å². The fourth-order valence-corrected chi connectivity index (χ4v) is 2.18. The minimum absolute atomic E-state index is 0.137. The molecule has 0 aromatic carbocycles. The van der Waals surface area contributed by atoms with E-state index in [0.717, 1.165) is 12.8 Å². The van der Waals surface area contributed by atoms with E-state index in [0.29, 0.717) is 13.0 Å². The van der Waals surface area contributed by atoms with Crippen LogP contribution in [-0.2, 0) is 4.79 Å². The lowest BCUT2D eigenvalue weighted by Crippen LogP contribution is -2.33. The number of amides is 1. The predicted octanol–water partition coefficient (Wildman–Crippen LogP) is 1.79. The first-order chi connectivity index (χ1) is 7.70. The molecule has 0 aromatic heterocycles. The summed E-state index contributed by atoms with van der Waals surface area (Å²) in [5, 5.41) is 9.95. The van der Waals surface area contributed by atoms with Crippen molar-refractivity contribution in [1.29, 1.82) is 5.41 Å². The largest absolute Gasteiger partial charge is 0.388 e. The smallest absolute Gasteiger partial charge is 0.223 e. The molecular formula is C12H23N3O. The first-order valence-electron chi connectivity index (χ1n) is 6.31. The maximum absolute atomic E-state index is 11.8. The zero-order valence-electron chi connectivity index (χ0n) is 9.93. The van der Waals surface area contributed by atoms with Gasteiger partial charge in [-0.3, -0.25) is 10.2 Å². The Kier molecular flexibility index (Phi) is 5.90. The average molecular weight is 225 g/mol. The van der Waals surface area contributed by atoms with Crippen LogP contribution in [-0.4, -0.2) is 18.3 Å². The molecule has 4 nitrogen and oxygen atoms in total. The Morgan fingerprint density at radius 2 is 1.75 bits per heavy atom. The van der Waals surface area contributed by atoms with Gasteiger partial charge in [-0.05, 0) is 12.8 Å². The molecule has 4 heteroatoms. The number of hydrogen-bond donors (Lipinski definition) is 3. The van der Waals surface area contributed by atoms with Gasteiger partial charge >= 0.3 is 0 Å². The first-order valence-corrected chi connectivity index (χ1v) is 6.31. The highest BCUT2D eigenvalue weighted by molar-refractivity contribution is 5.80. The molecule has 0 unspecified atom stereocenters. The Morgan fingerprint density at radius 1 is 1.19 bits per heavy atom. The summed E-state index contributed by atoms with van der Waals surface area (Å²) in [7, 11) is 0. The average Bonchev–Trinajstić information content (AvgIpc) is 2.15. The van der Waals surface area contributed by atoms with Crippen molar-refractivity contribution in [3.63, 3.8) is 0 Å². The van der Waals surface area contributed by atoms with Crippen molar-refractivity contribution in [2.45, 2.75) is 51.4 Å². The van der Waals surface area contributed by atoms with Crippen LogP contribution in [0.25, 0.3) is 0 Å². The number of nitrogens with two attached hydrogens (primary N) is 1. The van der Waals surface area contributed by atoms with Crippen molar-refractivity contribution < 1.29 is 4.79 Å². The Labute approximate surface area is 97.5 Å². The molecule has 1 aliphatic carbocycles. The van der Waals surface area contributed by atoms with Crippen LogP contribution >= 0.6 is 0 Å². The van der Waals surface area contributed by atoms with Crippen molar-refractivity contribution in [3.05, 3.63) is 0 Å². The van der Waals surface area contributed by atoms with Crippen LogP contribution in [0.2, 0.25) is 0 Å². The lowest BCUT2D eigenvalue weighted by molar-refractivity contribution is -0.125. The molecule has 16 heavy (non-hydrogen) atoms. The van der Waals surface area contributed by atoms with Crippen molar-refractivity contribution in [3.8, 4) is 0 Å². The third-order valence-corrected chi connectivity index (χ3v) is 3.17. The molecule has 0 saturated heterocycles.